The Balaban J connectivity index is 1.56. The average Bonchev–Trinajstić information content (AvgIpc) is 3.18. The zero-order chi connectivity index (χ0) is 23.2. The first-order valence-electron chi connectivity index (χ1n) is 11.5. The van der Waals surface area contributed by atoms with E-state index >= 15 is 0 Å². The van der Waals surface area contributed by atoms with Crippen LogP contribution < -0.4 is 4.74 Å². The van der Waals surface area contributed by atoms with Crippen molar-refractivity contribution < 1.29 is 9.53 Å². The lowest BCUT2D eigenvalue weighted by atomic mass is 9.99. The van der Waals surface area contributed by atoms with Gasteiger partial charge >= 0.3 is 0 Å². The second-order valence-electron chi connectivity index (χ2n) is 8.16. The molecule has 0 saturated heterocycles. The molecule has 4 aromatic rings. The van der Waals surface area contributed by atoms with Gasteiger partial charge in [0.05, 0.1) is 17.6 Å². The lowest BCUT2D eigenvalue weighted by Crippen LogP contribution is -2.07. The monoisotopic (exact) mass is 504 g/mol. The van der Waals surface area contributed by atoms with E-state index in [2.05, 4.69) is 82.9 Å². The van der Waals surface area contributed by atoms with Gasteiger partial charge in [-0.2, -0.15) is 0 Å². The number of aldehydes is 1. The molecule has 0 radical (unpaired) electrons. The third kappa shape index (κ3) is 5.36. The molecule has 3 aromatic carbocycles. The highest BCUT2D eigenvalue weighted by Crippen LogP contribution is 2.26. The predicted molar refractivity (Wildman–Crippen MR) is 137 cm³/mol. The molecule has 33 heavy (non-hydrogen) atoms. The van der Waals surface area contributed by atoms with Gasteiger partial charge in [-0.15, -0.1) is 0 Å². The minimum atomic E-state index is 0.510. The molecule has 170 valence electrons. The third-order valence-corrected chi connectivity index (χ3v) is 6.48. The van der Waals surface area contributed by atoms with E-state index in [9.17, 15) is 4.79 Å². The number of nitrogens with zero attached hydrogens (tertiary/aromatic N) is 2. The number of carbonyl (C=O) groups is 1. The van der Waals surface area contributed by atoms with Crippen LogP contribution in [0.2, 0.25) is 0 Å². The van der Waals surface area contributed by atoms with Crippen LogP contribution in [0, 0.1) is 0 Å². The van der Waals surface area contributed by atoms with Crippen molar-refractivity contribution in [3.63, 3.8) is 0 Å². The van der Waals surface area contributed by atoms with E-state index in [1.807, 2.05) is 12.1 Å². The van der Waals surface area contributed by atoms with Crippen molar-refractivity contribution in [3.8, 4) is 5.75 Å². The molecule has 0 aliphatic rings. The summed E-state index contributed by atoms with van der Waals surface area (Å²) < 4.78 is 9.62. The molecule has 0 amide bonds. The van der Waals surface area contributed by atoms with Gasteiger partial charge in [0, 0.05) is 22.9 Å². The minimum absolute atomic E-state index is 0.510. The zero-order valence-corrected chi connectivity index (χ0v) is 20.8. The van der Waals surface area contributed by atoms with Gasteiger partial charge in [0.1, 0.15) is 24.5 Å². The van der Waals surface area contributed by atoms with Crippen molar-refractivity contribution in [2.45, 2.75) is 52.7 Å². The molecule has 0 spiro atoms. The van der Waals surface area contributed by atoms with Crippen molar-refractivity contribution >= 4 is 33.2 Å². The minimum Gasteiger partial charge on any atom is -0.489 e. The van der Waals surface area contributed by atoms with Gasteiger partial charge in [-0.1, -0.05) is 66.2 Å². The highest BCUT2D eigenvalue weighted by molar-refractivity contribution is 9.10. The second-order valence-corrected chi connectivity index (χ2v) is 9.07. The van der Waals surface area contributed by atoms with Crippen LogP contribution in [0.4, 0.5) is 0 Å². The summed E-state index contributed by atoms with van der Waals surface area (Å²) in [5.74, 6) is 1.96. The number of fused-ring (bicyclic) bond motifs is 1. The summed E-state index contributed by atoms with van der Waals surface area (Å²) in [7, 11) is 0. The number of aryl methyl sites for hydroxylation is 3. The number of aromatic nitrogens is 2. The molecule has 0 aliphatic heterocycles. The summed E-state index contributed by atoms with van der Waals surface area (Å²) in [5.41, 5.74) is 6.94. The van der Waals surface area contributed by atoms with Gasteiger partial charge < -0.3 is 14.1 Å². The van der Waals surface area contributed by atoms with Crippen LogP contribution >= 0.6 is 15.9 Å². The van der Waals surface area contributed by atoms with Crippen LogP contribution in [-0.2, 0) is 37.2 Å². The molecule has 4 rings (SSSR count). The van der Waals surface area contributed by atoms with Crippen LogP contribution in [-0.4, -0.2) is 15.8 Å². The molecule has 5 heteroatoms. The summed E-state index contributed by atoms with van der Waals surface area (Å²) in [5, 5.41) is 0. The molecule has 0 atom stereocenters. The fourth-order valence-corrected chi connectivity index (χ4v) is 4.61. The van der Waals surface area contributed by atoms with E-state index in [4.69, 9.17) is 9.72 Å². The molecule has 0 aliphatic carbocycles. The number of benzene rings is 3. The van der Waals surface area contributed by atoms with Crippen molar-refractivity contribution in [1.29, 1.82) is 0 Å². The first kappa shape index (κ1) is 23.2. The maximum Gasteiger partial charge on any atom is 0.124 e. The van der Waals surface area contributed by atoms with E-state index in [-0.39, 0.29) is 0 Å². The Kier molecular flexibility index (Phi) is 7.61. The van der Waals surface area contributed by atoms with Crippen LogP contribution in [0.5, 0.6) is 5.75 Å². The molecule has 4 nitrogen and oxygen atoms in total. The number of halogens is 1. The normalized spacial score (nSPS) is 11.1. The number of rotatable bonds is 10. The second kappa shape index (κ2) is 10.8. The summed E-state index contributed by atoms with van der Waals surface area (Å²) >= 11 is 3.55. The summed E-state index contributed by atoms with van der Waals surface area (Å²) in [6.45, 7) is 5.51. The molecule has 0 unspecified atom stereocenters. The molecular weight excluding hydrogens is 476 g/mol. The fourth-order valence-electron chi connectivity index (χ4n) is 4.26. The van der Waals surface area contributed by atoms with E-state index in [1.165, 1.54) is 11.1 Å². The van der Waals surface area contributed by atoms with Crippen molar-refractivity contribution in [1.82, 2.24) is 9.55 Å². The highest BCUT2D eigenvalue weighted by atomic mass is 79.9. The number of imidazole rings is 1. The van der Waals surface area contributed by atoms with Gasteiger partial charge in [-0.05, 0) is 53.8 Å². The topological polar surface area (TPSA) is 44.1 Å². The molecule has 1 aromatic heterocycles. The summed E-state index contributed by atoms with van der Waals surface area (Å²) in [4.78, 5) is 15.6. The predicted octanol–water partition coefficient (Wildman–Crippen LogP) is 6.68. The number of carbonyl (C=O) groups excluding carboxylic acids is 1. The maximum atomic E-state index is 10.7. The Morgan fingerprint density at radius 1 is 0.970 bits per heavy atom. The largest absolute Gasteiger partial charge is 0.489 e. The molecule has 0 fully saturated rings. The zero-order valence-electron chi connectivity index (χ0n) is 19.2. The van der Waals surface area contributed by atoms with Gasteiger partial charge in [-0.25, -0.2) is 4.98 Å². The van der Waals surface area contributed by atoms with Crippen LogP contribution in [0.25, 0.3) is 11.0 Å². The van der Waals surface area contributed by atoms with E-state index < -0.39 is 0 Å². The van der Waals surface area contributed by atoms with Crippen molar-refractivity contribution in [3.05, 3.63) is 93.2 Å². The third-order valence-electron chi connectivity index (χ3n) is 5.98. The van der Waals surface area contributed by atoms with Gasteiger partial charge in [0.15, 0.2) is 0 Å². The molecule has 0 bridgehead atoms. The van der Waals surface area contributed by atoms with Crippen molar-refractivity contribution in [2.75, 3.05) is 0 Å². The van der Waals surface area contributed by atoms with Gasteiger partial charge in [-0.3, -0.25) is 0 Å². The van der Waals surface area contributed by atoms with Crippen LogP contribution in [0.3, 0.4) is 0 Å². The number of hydrogen-bond donors (Lipinski definition) is 0. The quantitative estimate of drug-likeness (QED) is 0.226. The lowest BCUT2D eigenvalue weighted by molar-refractivity contribution is -0.107. The Labute approximate surface area is 203 Å². The highest BCUT2D eigenvalue weighted by Gasteiger charge is 2.13. The van der Waals surface area contributed by atoms with Gasteiger partial charge in [0.25, 0.3) is 0 Å². The molecule has 0 saturated carbocycles. The fraction of sp³-hybridized carbons (Fsp3) is 0.286. The van der Waals surface area contributed by atoms with E-state index in [0.29, 0.717) is 19.6 Å². The molecular formula is C28H29BrN2O2. The Hall–Kier alpha value is -2.92. The number of para-hydroxylation sites is 1. The van der Waals surface area contributed by atoms with Crippen LogP contribution in [0.15, 0.2) is 65.1 Å². The maximum absolute atomic E-state index is 10.7. The first-order chi connectivity index (χ1) is 16.1. The first-order valence-corrected chi connectivity index (χ1v) is 12.3. The van der Waals surface area contributed by atoms with E-state index in [0.717, 1.165) is 63.8 Å². The number of ether oxygens (including phenoxy) is 1. The summed E-state index contributed by atoms with van der Waals surface area (Å²) in [6.07, 6.45) is 4.16. The number of hydrogen-bond acceptors (Lipinski definition) is 3. The average molecular weight is 505 g/mol. The molecule has 0 N–H and O–H groups in total. The Bertz CT molecular complexity index is 1260. The standard InChI is InChI=1S/C28H29BrN2O2/c1-3-21-16-20(11-12-22(21)9-7-15-32)19-33-27-10-6-5-8-23(27)18-31-26-14-13-24(29)17-25(26)30-28(31)4-2/h5-6,8,10-17H,3-4,7,9,18-19H2,1-2H3. The smallest absolute Gasteiger partial charge is 0.124 e. The van der Waals surface area contributed by atoms with Gasteiger partial charge in [0.2, 0.25) is 0 Å². The lowest BCUT2D eigenvalue weighted by Gasteiger charge is -2.15. The summed E-state index contributed by atoms with van der Waals surface area (Å²) in [6, 6.07) is 20.9. The van der Waals surface area contributed by atoms with Crippen molar-refractivity contribution in [2.24, 2.45) is 0 Å². The van der Waals surface area contributed by atoms with E-state index in [1.54, 1.807) is 0 Å². The Morgan fingerprint density at radius 3 is 2.61 bits per heavy atom. The molecule has 1 heterocycles. The SMILES string of the molecule is CCc1cc(COc2ccccc2Cn2c(CC)nc3cc(Br)ccc32)ccc1CCC=O. The Morgan fingerprint density at radius 2 is 1.82 bits per heavy atom. The van der Waals surface area contributed by atoms with Crippen LogP contribution in [0.1, 0.15) is 48.3 Å².